The van der Waals surface area contributed by atoms with E-state index in [1.165, 1.54) is 0 Å². The fourth-order valence-electron chi connectivity index (χ4n) is 6.77. The molecule has 6 heteroatoms. The van der Waals surface area contributed by atoms with Crippen LogP contribution in [0.15, 0.2) is 78.9 Å². The molecule has 198 valence electrons. The number of ketones is 2. The average molecular weight is 521 g/mol. The van der Waals surface area contributed by atoms with Crippen LogP contribution in [0.2, 0.25) is 0 Å². The first-order valence-corrected chi connectivity index (χ1v) is 13.3. The Morgan fingerprint density at radius 2 is 1.62 bits per heavy atom. The van der Waals surface area contributed by atoms with E-state index in [2.05, 4.69) is 16.3 Å². The molecule has 1 spiro atoms. The number of benzene rings is 3. The monoisotopic (exact) mass is 520 g/mol. The predicted octanol–water partition coefficient (Wildman–Crippen LogP) is 5.67. The minimum atomic E-state index is -1.30. The Bertz CT molecular complexity index is 1550. The van der Waals surface area contributed by atoms with Crippen molar-refractivity contribution in [1.82, 2.24) is 0 Å². The lowest BCUT2D eigenvalue weighted by Gasteiger charge is -2.39. The van der Waals surface area contributed by atoms with Crippen molar-refractivity contribution in [3.63, 3.8) is 0 Å². The van der Waals surface area contributed by atoms with Crippen molar-refractivity contribution >= 4 is 34.4 Å². The van der Waals surface area contributed by atoms with Gasteiger partial charge in [-0.2, -0.15) is 0 Å². The molecule has 1 amide bonds. The van der Waals surface area contributed by atoms with Gasteiger partial charge in [0.1, 0.15) is 17.2 Å². The molecule has 39 heavy (non-hydrogen) atoms. The van der Waals surface area contributed by atoms with Crippen molar-refractivity contribution in [3.05, 3.63) is 95.6 Å². The Kier molecular flexibility index (Phi) is 5.58. The van der Waals surface area contributed by atoms with E-state index in [9.17, 15) is 14.4 Å². The molecule has 4 atom stereocenters. The zero-order valence-electron chi connectivity index (χ0n) is 22.8. The summed E-state index contributed by atoms with van der Waals surface area (Å²) < 4.78 is 5.32. The van der Waals surface area contributed by atoms with Gasteiger partial charge in [-0.1, -0.05) is 63.2 Å². The van der Waals surface area contributed by atoms with Gasteiger partial charge in [-0.3, -0.25) is 14.4 Å². The third kappa shape index (κ3) is 3.43. The number of amides is 1. The van der Waals surface area contributed by atoms with Crippen LogP contribution in [-0.2, 0) is 15.0 Å². The maximum absolute atomic E-state index is 14.7. The van der Waals surface area contributed by atoms with E-state index in [-0.39, 0.29) is 17.5 Å². The summed E-state index contributed by atoms with van der Waals surface area (Å²) in [6, 6.07) is 21.0. The summed E-state index contributed by atoms with van der Waals surface area (Å²) >= 11 is 0. The van der Waals surface area contributed by atoms with Crippen molar-refractivity contribution in [2.45, 2.75) is 45.2 Å². The molecule has 0 aromatic heterocycles. The Balaban J connectivity index is 1.68. The highest BCUT2D eigenvalue weighted by Gasteiger charge is 2.71. The third-order valence-electron chi connectivity index (χ3n) is 8.55. The number of hydrogen-bond donors (Lipinski definition) is 1. The SMILES string of the molecule is COc1ccc(C(=O)[C@@H]2[C@@H](C(=O)C(C)(C)C)N3c4ccccc4C(C)=C[C@@H]3[C@@]23C(=O)Nc2ccccc23)cc1. The summed E-state index contributed by atoms with van der Waals surface area (Å²) in [5, 5.41) is 3.08. The van der Waals surface area contributed by atoms with Gasteiger partial charge < -0.3 is 15.0 Å². The van der Waals surface area contributed by atoms with Gasteiger partial charge in [0.25, 0.3) is 0 Å². The third-order valence-corrected chi connectivity index (χ3v) is 8.55. The fourth-order valence-corrected chi connectivity index (χ4v) is 6.77. The number of nitrogens with one attached hydrogen (secondary N) is 1. The second-order valence-electron chi connectivity index (χ2n) is 11.7. The van der Waals surface area contributed by atoms with E-state index in [4.69, 9.17) is 4.74 Å². The van der Waals surface area contributed by atoms with Gasteiger partial charge >= 0.3 is 0 Å². The highest BCUT2D eigenvalue weighted by Crippen LogP contribution is 2.59. The molecule has 0 bridgehead atoms. The Labute approximate surface area is 228 Å². The minimum absolute atomic E-state index is 0.0730. The predicted molar refractivity (Wildman–Crippen MR) is 152 cm³/mol. The summed E-state index contributed by atoms with van der Waals surface area (Å²) in [6.45, 7) is 7.67. The van der Waals surface area contributed by atoms with E-state index < -0.39 is 28.8 Å². The first kappa shape index (κ1) is 25.1. The number of anilines is 2. The lowest BCUT2D eigenvalue weighted by molar-refractivity contribution is -0.128. The zero-order valence-corrected chi connectivity index (χ0v) is 22.8. The number of Topliss-reactive ketones (excluding diaryl/α,β-unsaturated/α-hetero) is 2. The van der Waals surface area contributed by atoms with Gasteiger partial charge in [-0.05, 0) is 54.5 Å². The van der Waals surface area contributed by atoms with Gasteiger partial charge in [0.15, 0.2) is 11.6 Å². The van der Waals surface area contributed by atoms with Crippen LogP contribution < -0.4 is 15.0 Å². The number of allylic oxidation sites excluding steroid dienone is 1. The van der Waals surface area contributed by atoms with Crippen LogP contribution in [0.4, 0.5) is 11.4 Å². The number of nitrogens with zero attached hydrogens (tertiary/aromatic N) is 1. The van der Waals surface area contributed by atoms with E-state index in [0.717, 1.165) is 22.4 Å². The smallest absolute Gasteiger partial charge is 0.238 e. The molecule has 0 radical (unpaired) electrons. The maximum atomic E-state index is 14.7. The van der Waals surface area contributed by atoms with Crippen LogP contribution in [0.3, 0.4) is 0 Å². The average Bonchev–Trinajstić information content (AvgIpc) is 3.40. The summed E-state index contributed by atoms with van der Waals surface area (Å²) in [6.07, 6.45) is 2.08. The number of fused-ring (bicyclic) bond motifs is 6. The van der Waals surface area contributed by atoms with Gasteiger partial charge in [-0.15, -0.1) is 0 Å². The lowest BCUT2D eigenvalue weighted by atomic mass is 9.63. The number of methoxy groups -OCH3 is 1. The number of para-hydroxylation sites is 2. The molecular weight excluding hydrogens is 488 g/mol. The molecule has 1 N–H and O–H groups in total. The van der Waals surface area contributed by atoms with Crippen LogP contribution in [-0.4, -0.2) is 36.7 Å². The zero-order chi connectivity index (χ0) is 27.7. The molecule has 3 aromatic carbocycles. The van der Waals surface area contributed by atoms with Crippen molar-refractivity contribution < 1.29 is 19.1 Å². The Morgan fingerprint density at radius 1 is 0.949 bits per heavy atom. The normalized spacial score (nSPS) is 24.9. The first-order valence-electron chi connectivity index (χ1n) is 13.3. The lowest BCUT2D eigenvalue weighted by Crippen LogP contribution is -2.51. The van der Waals surface area contributed by atoms with Crippen LogP contribution in [0, 0.1) is 11.3 Å². The van der Waals surface area contributed by atoms with Gasteiger partial charge in [0, 0.05) is 27.9 Å². The molecule has 0 saturated carbocycles. The topological polar surface area (TPSA) is 75.7 Å². The summed E-state index contributed by atoms with van der Waals surface area (Å²) in [5.41, 5.74) is 2.72. The van der Waals surface area contributed by atoms with E-state index in [1.54, 1.807) is 31.4 Å². The first-order chi connectivity index (χ1) is 18.6. The Hall–Kier alpha value is -4.19. The molecule has 0 unspecified atom stereocenters. The summed E-state index contributed by atoms with van der Waals surface area (Å²) in [4.78, 5) is 45.6. The molecule has 1 fully saturated rings. The van der Waals surface area contributed by atoms with Crippen molar-refractivity contribution in [1.29, 1.82) is 0 Å². The van der Waals surface area contributed by atoms with E-state index >= 15 is 0 Å². The maximum Gasteiger partial charge on any atom is 0.238 e. The minimum Gasteiger partial charge on any atom is -0.497 e. The molecule has 6 rings (SSSR count). The number of hydrogen-bond acceptors (Lipinski definition) is 5. The molecule has 3 aliphatic rings. The second-order valence-corrected chi connectivity index (χ2v) is 11.7. The molecule has 1 saturated heterocycles. The number of carbonyl (C=O) groups is 3. The molecule has 3 heterocycles. The number of rotatable bonds is 4. The fraction of sp³-hybridized carbons (Fsp3) is 0.303. The highest BCUT2D eigenvalue weighted by molar-refractivity contribution is 6.17. The van der Waals surface area contributed by atoms with Crippen molar-refractivity contribution in [2.24, 2.45) is 11.3 Å². The molecular formula is C33H32N2O4. The van der Waals surface area contributed by atoms with Crippen molar-refractivity contribution in [3.8, 4) is 5.75 Å². The van der Waals surface area contributed by atoms with Crippen LogP contribution in [0.1, 0.15) is 49.2 Å². The highest BCUT2D eigenvalue weighted by atomic mass is 16.5. The second kappa shape index (κ2) is 8.67. The van der Waals surface area contributed by atoms with Gasteiger partial charge in [-0.25, -0.2) is 0 Å². The summed E-state index contributed by atoms with van der Waals surface area (Å²) in [5.74, 6) is -0.884. The largest absolute Gasteiger partial charge is 0.497 e. The molecule has 3 aromatic rings. The Morgan fingerprint density at radius 3 is 2.31 bits per heavy atom. The molecule has 0 aliphatic carbocycles. The summed E-state index contributed by atoms with van der Waals surface area (Å²) in [7, 11) is 1.57. The van der Waals surface area contributed by atoms with Gasteiger partial charge in [0.2, 0.25) is 5.91 Å². The van der Waals surface area contributed by atoms with Crippen molar-refractivity contribution in [2.75, 3.05) is 17.3 Å². The number of ether oxygens (including phenoxy) is 1. The van der Waals surface area contributed by atoms with E-state index in [0.29, 0.717) is 17.0 Å². The van der Waals surface area contributed by atoms with E-state index in [1.807, 2.05) is 76.2 Å². The standard InChI is InChI=1S/C33H32N2O4/c1-19-18-26-33(23-11-7-8-12-24(23)34-31(33)38)27(29(36)20-14-16-21(39-5)17-15-20)28(30(37)32(2,3)4)35(26)25-13-9-6-10-22(19)25/h6-18,26-28H,1-5H3,(H,34,38)/t26-,27+,28+,33-/m1/s1. The molecule has 3 aliphatic heterocycles. The number of carbonyl (C=O) groups excluding carboxylic acids is 3. The van der Waals surface area contributed by atoms with Crippen LogP contribution >= 0.6 is 0 Å². The quantitative estimate of drug-likeness (QED) is 0.449. The molecule has 6 nitrogen and oxygen atoms in total. The van der Waals surface area contributed by atoms with Gasteiger partial charge in [0.05, 0.1) is 19.1 Å². The van der Waals surface area contributed by atoms with Crippen LogP contribution in [0.25, 0.3) is 5.57 Å². The van der Waals surface area contributed by atoms with Crippen LogP contribution in [0.5, 0.6) is 5.75 Å².